The second-order valence-corrected chi connectivity index (χ2v) is 7.69. The molecule has 1 saturated heterocycles. The molecule has 6 heteroatoms. The molecule has 6 nitrogen and oxygen atoms in total. The molecule has 3 rings (SSSR count). The van der Waals surface area contributed by atoms with Crippen molar-refractivity contribution in [3.8, 4) is 0 Å². The Bertz CT molecular complexity index is 660. The Morgan fingerprint density at radius 3 is 2.76 bits per heavy atom. The predicted octanol–water partition coefficient (Wildman–Crippen LogP) is 2.95. The smallest absolute Gasteiger partial charge is 0.410 e. The molecule has 0 aromatic heterocycles. The summed E-state index contributed by atoms with van der Waals surface area (Å²) in [4.78, 5) is 26.2. The third kappa shape index (κ3) is 4.51. The highest BCUT2D eigenvalue weighted by atomic mass is 16.6. The van der Waals surface area contributed by atoms with Gasteiger partial charge in [-0.15, -0.1) is 0 Å². The number of carbonyl (C=O) groups excluding carboxylic acids is 2. The predicted molar refractivity (Wildman–Crippen MR) is 94.3 cm³/mol. The molecule has 0 spiro atoms. The number of hydrogen-bond donors (Lipinski definition) is 1. The Morgan fingerprint density at radius 2 is 2.08 bits per heavy atom. The monoisotopic (exact) mass is 346 g/mol. The molecule has 2 aliphatic heterocycles. The Hall–Kier alpha value is -2.08. The largest absolute Gasteiger partial charge is 0.444 e. The average Bonchev–Trinajstić information content (AvgIpc) is 3.07. The Morgan fingerprint density at radius 1 is 1.28 bits per heavy atom. The van der Waals surface area contributed by atoms with Gasteiger partial charge in [0.1, 0.15) is 5.60 Å². The first-order valence-corrected chi connectivity index (χ1v) is 8.80. The molecule has 1 aromatic rings. The van der Waals surface area contributed by atoms with Crippen LogP contribution in [0.5, 0.6) is 0 Å². The number of anilines is 1. The van der Waals surface area contributed by atoms with Gasteiger partial charge in [-0.2, -0.15) is 0 Å². The van der Waals surface area contributed by atoms with Crippen LogP contribution in [0.2, 0.25) is 0 Å². The summed E-state index contributed by atoms with van der Waals surface area (Å²) in [6.07, 6.45) is 1.26. The minimum Gasteiger partial charge on any atom is -0.444 e. The van der Waals surface area contributed by atoms with E-state index in [0.29, 0.717) is 26.3 Å². The van der Waals surface area contributed by atoms with Gasteiger partial charge in [-0.3, -0.25) is 4.79 Å². The second kappa shape index (κ2) is 7.04. The Balaban J connectivity index is 1.66. The summed E-state index contributed by atoms with van der Waals surface area (Å²) in [6.45, 7) is 7.87. The van der Waals surface area contributed by atoms with Gasteiger partial charge in [-0.05, 0) is 56.9 Å². The van der Waals surface area contributed by atoms with Gasteiger partial charge in [0.05, 0.1) is 12.5 Å². The summed E-state index contributed by atoms with van der Waals surface area (Å²) in [6, 6.07) is 5.91. The standard InChI is InChI=1S/C19H26N2O4/c1-19(2,3)25-18(23)21-8-6-13-4-5-16(10-15(13)11-21)20-17(22)14-7-9-24-12-14/h4-5,10,14H,6-9,11-12H2,1-3H3,(H,20,22)/t14-/m1/s1. The van der Waals surface area contributed by atoms with Crippen LogP contribution in [-0.4, -0.2) is 42.3 Å². The maximum atomic E-state index is 12.3. The summed E-state index contributed by atoms with van der Waals surface area (Å²) < 4.78 is 10.7. The number of ether oxygens (including phenoxy) is 2. The van der Waals surface area contributed by atoms with Crippen molar-refractivity contribution in [2.75, 3.05) is 25.1 Å². The van der Waals surface area contributed by atoms with Gasteiger partial charge in [0, 0.05) is 25.4 Å². The molecule has 1 fully saturated rings. The fourth-order valence-electron chi connectivity index (χ4n) is 3.10. The van der Waals surface area contributed by atoms with E-state index in [2.05, 4.69) is 5.32 Å². The second-order valence-electron chi connectivity index (χ2n) is 7.69. The normalized spacial score (nSPS) is 20.1. The fraction of sp³-hybridized carbons (Fsp3) is 0.579. The van der Waals surface area contributed by atoms with E-state index in [-0.39, 0.29) is 17.9 Å². The van der Waals surface area contributed by atoms with E-state index < -0.39 is 5.60 Å². The number of nitrogens with zero attached hydrogens (tertiary/aromatic N) is 1. The third-order valence-corrected chi connectivity index (χ3v) is 4.44. The molecular formula is C19H26N2O4. The molecule has 25 heavy (non-hydrogen) atoms. The highest BCUT2D eigenvalue weighted by molar-refractivity contribution is 5.93. The van der Waals surface area contributed by atoms with Gasteiger partial charge in [0.25, 0.3) is 0 Å². The zero-order chi connectivity index (χ0) is 18.0. The van der Waals surface area contributed by atoms with Crippen LogP contribution >= 0.6 is 0 Å². The summed E-state index contributed by atoms with van der Waals surface area (Å²) >= 11 is 0. The maximum Gasteiger partial charge on any atom is 0.410 e. The van der Waals surface area contributed by atoms with Gasteiger partial charge in [0.15, 0.2) is 0 Å². The van der Waals surface area contributed by atoms with Gasteiger partial charge < -0.3 is 19.7 Å². The van der Waals surface area contributed by atoms with E-state index in [9.17, 15) is 9.59 Å². The molecule has 0 unspecified atom stereocenters. The molecule has 136 valence electrons. The van der Waals surface area contributed by atoms with Gasteiger partial charge >= 0.3 is 6.09 Å². The zero-order valence-corrected chi connectivity index (χ0v) is 15.1. The Labute approximate surface area is 148 Å². The SMILES string of the molecule is CC(C)(C)OC(=O)N1CCc2ccc(NC(=O)[C@@H]3CCOC3)cc2C1. The fourth-order valence-corrected chi connectivity index (χ4v) is 3.10. The van der Waals surface area contributed by atoms with E-state index in [1.807, 2.05) is 39.0 Å². The van der Waals surface area contributed by atoms with Crippen molar-refractivity contribution in [2.24, 2.45) is 5.92 Å². The molecule has 0 saturated carbocycles. The van der Waals surface area contributed by atoms with Gasteiger partial charge in [-0.1, -0.05) is 6.07 Å². The van der Waals surface area contributed by atoms with E-state index in [1.165, 1.54) is 5.56 Å². The summed E-state index contributed by atoms with van der Waals surface area (Å²) in [7, 11) is 0. The molecule has 0 bridgehead atoms. The van der Waals surface area contributed by atoms with E-state index in [0.717, 1.165) is 24.1 Å². The highest BCUT2D eigenvalue weighted by Crippen LogP contribution is 2.25. The quantitative estimate of drug-likeness (QED) is 0.894. The molecular weight excluding hydrogens is 320 g/mol. The molecule has 1 aromatic carbocycles. The minimum atomic E-state index is -0.503. The van der Waals surface area contributed by atoms with Crippen LogP contribution in [0.3, 0.4) is 0 Å². The van der Waals surface area contributed by atoms with Crippen LogP contribution in [-0.2, 0) is 27.2 Å². The van der Waals surface area contributed by atoms with Crippen molar-refractivity contribution in [3.63, 3.8) is 0 Å². The topological polar surface area (TPSA) is 67.9 Å². The summed E-state index contributed by atoms with van der Waals surface area (Å²) in [5, 5.41) is 2.96. The number of rotatable bonds is 2. The van der Waals surface area contributed by atoms with Crippen LogP contribution in [0.4, 0.5) is 10.5 Å². The number of hydrogen-bond acceptors (Lipinski definition) is 4. The van der Waals surface area contributed by atoms with Crippen LogP contribution < -0.4 is 5.32 Å². The van der Waals surface area contributed by atoms with Crippen molar-refractivity contribution in [1.29, 1.82) is 0 Å². The lowest BCUT2D eigenvalue weighted by atomic mass is 9.99. The van der Waals surface area contributed by atoms with E-state index >= 15 is 0 Å². The number of benzene rings is 1. The van der Waals surface area contributed by atoms with Gasteiger partial charge in [-0.25, -0.2) is 4.79 Å². The van der Waals surface area contributed by atoms with Crippen LogP contribution in [0.15, 0.2) is 18.2 Å². The molecule has 0 aliphatic carbocycles. The van der Waals surface area contributed by atoms with Crippen LogP contribution in [0.1, 0.15) is 38.3 Å². The van der Waals surface area contributed by atoms with E-state index in [4.69, 9.17) is 9.47 Å². The zero-order valence-electron chi connectivity index (χ0n) is 15.1. The minimum absolute atomic E-state index is 0.00254. The lowest BCUT2D eigenvalue weighted by Gasteiger charge is -2.31. The lowest BCUT2D eigenvalue weighted by molar-refractivity contribution is -0.119. The number of nitrogens with one attached hydrogen (secondary N) is 1. The Kier molecular flexibility index (Phi) is 4.99. The van der Waals surface area contributed by atoms with Crippen molar-refractivity contribution in [1.82, 2.24) is 4.90 Å². The average molecular weight is 346 g/mol. The van der Waals surface area contributed by atoms with Crippen LogP contribution in [0.25, 0.3) is 0 Å². The third-order valence-electron chi connectivity index (χ3n) is 4.44. The summed E-state index contributed by atoms with van der Waals surface area (Å²) in [5.41, 5.74) is 2.53. The molecule has 2 heterocycles. The van der Waals surface area contributed by atoms with Crippen molar-refractivity contribution >= 4 is 17.7 Å². The number of fused-ring (bicyclic) bond motifs is 1. The molecule has 1 N–H and O–H groups in total. The van der Waals surface area contributed by atoms with Crippen molar-refractivity contribution < 1.29 is 19.1 Å². The molecule has 1 atom stereocenters. The van der Waals surface area contributed by atoms with Gasteiger partial charge in [0.2, 0.25) is 5.91 Å². The first-order chi connectivity index (χ1) is 11.8. The van der Waals surface area contributed by atoms with Crippen molar-refractivity contribution in [3.05, 3.63) is 29.3 Å². The van der Waals surface area contributed by atoms with E-state index in [1.54, 1.807) is 4.90 Å². The first-order valence-electron chi connectivity index (χ1n) is 8.80. The molecule has 2 amide bonds. The maximum absolute atomic E-state index is 12.3. The van der Waals surface area contributed by atoms with Crippen molar-refractivity contribution in [2.45, 2.75) is 45.8 Å². The highest BCUT2D eigenvalue weighted by Gasteiger charge is 2.27. The van der Waals surface area contributed by atoms with Crippen LogP contribution in [0, 0.1) is 5.92 Å². The first kappa shape index (κ1) is 17.7. The molecule has 2 aliphatic rings. The summed E-state index contributed by atoms with van der Waals surface area (Å²) in [5.74, 6) is -0.0773. The molecule has 0 radical (unpaired) electrons. The number of amides is 2. The lowest BCUT2D eigenvalue weighted by Crippen LogP contribution is -2.39. The number of carbonyl (C=O) groups is 2.